The molecule has 1 aromatic heterocycles. The molecule has 1 amide bonds. The van der Waals surface area contributed by atoms with E-state index in [4.69, 9.17) is 5.11 Å². The van der Waals surface area contributed by atoms with Crippen LogP contribution >= 0.6 is 11.3 Å². The van der Waals surface area contributed by atoms with E-state index in [9.17, 15) is 9.59 Å². The predicted octanol–water partition coefficient (Wildman–Crippen LogP) is 2.85. The second-order valence-electron chi connectivity index (χ2n) is 5.06. The average molecular weight is 283 g/mol. The fourth-order valence-electron chi connectivity index (χ4n) is 1.90. The number of carbonyl (C=O) groups is 2. The lowest BCUT2D eigenvalue weighted by Crippen LogP contribution is -2.41. The maximum absolute atomic E-state index is 12.1. The highest BCUT2D eigenvalue weighted by Crippen LogP contribution is 2.22. The second-order valence-corrected chi connectivity index (χ2v) is 6.20. The maximum Gasteiger partial charge on any atom is 0.326 e. The van der Waals surface area contributed by atoms with Crippen LogP contribution in [0.2, 0.25) is 0 Å². The van der Waals surface area contributed by atoms with Crippen LogP contribution in [0.4, 0.5) is 0 Å². The van der Waals surface area contributed by atoms with Gasteiger partial charge in [-0.1, -0.05) is 20.8 Å². The van der Waals surface area contributed by atoms with Gasteiger partial charge < -0.3 is 10.4 Å². The summed E-state index contributed by atoms with van der Waals surface area (Å²) >= 11 is 1.44. The van der Waals surface area contributed by atoms with Gasteiger partial charge in [-0.05, 0) is 37.3 Å². The highest BCUT2D eigenvalue weighted by atomic mass is 32.1. The maximum atomic E-state index is 12.1. The summed E-state index contributed by atoms with van der Waals surface area (Å²) in [4.78, 5) is 24.9. The van der Waals surface area contributed by atoms with E-state index in [0.717, 1.165) is 12.0 Å². The molecule has 0 aromatic carbocycles. The molecule has 0 aliphatic carbocycles. The summed E-state index contributed by atoms with van der Waals surface area (Å²) < 4.78 is 0. The fourth-order valence-corrected chi connectivity index (χ4v) is 2.92. The normalized spacial score (nSPS) is 12.5. The Kier molecular flexibility index (Phi) is 5.54. The number of amides is 1. The molecule has 19 heavy (non-hydrogen) atoms. The molecule has 0 spiro atoms. The molecule has 0 aliphatic heterocycles. The number of nitrogens with one attached hydrogen (secondary N) is 1. The Bertz CT molecular complexity index is 465. The van der Waals surface area contributed by atoms with Crippen molar-refractivity contribution in [3.05, 3.63) is 21.4 Å². The van der Waals surface area contributed by atoms with Crippen LogP contribution in [0.15, 0.2) is 6.07 Å². The molecule has 1 heterocycles. The molecule has 106 valence electrons. The molecule has 0 unspecified atom stereocenters. The Labute approximate surface area is 117 Å². The van der Waals surface area contributed by atoms with Crippen LogP contribution in [0.3, 0.4) is 0 Å². The molecule has 0 bridgehead atoms. The van der Waals surface area contributed by atoms with E-state index < -0.39 is 12.0 Å². The van der Waals surface area contributed by atoms with Crippen LogP contribution in [0, 0.1) is 12.8 Å². The van der Waals surface area contributed by atoms with Crippen LogP contribution < -0.4 is 5.32 Å². The van der Waals surface area contributed by atoms with Crippen LogP contribution in [0.5, 0.6) is 0 Å². The van der Waals surface area contributed by atoms with Crippen LogP contribution in [-0.2, 0) is 11.2 Å². The van der Waals surface area contributed by atoms with E-state index in [-0.39, 0.29) is 11.8 Å². The van der Waals surface area contributed by atoms with Gasteiger partial charge in [-0.3, -0.25) is 4.79 Å². The van der Waals surface area contributed by atoms with Crippen molar-refractivity contribution in [2.45, 2.75) is 46.6 Å². The second kappa shape index (κ2) is 6.70. The number of thiophene rings is 1. The van der Waals surface area contributed by atoms with Crippen molar-refractivity contribution in [2.75, 3.05) is 0 Å². The summed E-state index contributed by atoms with van der Waals surface area (Å²) in [6.45, 7) is 7.88. The Morgan fingerprint density at radius 2 is 2.05 bits per heavy atom. The number of rotatable bonds is 6. The SMILES string of the molecule is CCc1sc(C(=O)N[C@H](CC(C)C)C(=O)O)cc1C. The van der Waals surface area contributed by atoms with Gasteiger partial charge in [-0.15, -0.1) is 11.3 Å². The predicted molar refractivity (Wildman–Crippen MR) is 76.8 cm³/mol. The lowest BCUT2D eigenvalue weighted by atomic mass is 10.0. The first-order valence-electron chi connectivity index (χ1n) is 6.48. The lowest BCUT2D eigenvalue weighted by Gasteiger charge is -2.15. The van der Waals surface area contributed by atoms with E-state index >= 15 is 0 Å². The highest BCUT2D eigenvalue weighted by molar-refractivity contribution is 7.14. The number of aryl methyl sites for hydroxylation is 2. The van der Waals surface area contributed by atoms with Crippen molar-refractivity contribution < 1.29 is 14.7 Å². The molecule has 2 N–H and O–H groups in total. The van der Waals surface area contributed by atoms with Gasteiger partial charge in [0.05, 0.1) is 4.88 Å². The molecule has 0 saturated carbocycles. The number of carboxylic acid groups (broad SMARTS) is 1. The summed E-state index contributed by atoms with van der Waals surface area (Å²) in [6, 6.07) is 1.01. The Morgan fingerprint density at radius 1 is 1.42 bits per heavy atom. The lowest BCUT2D eigenvalue weighted by molar-refractivity contribution is -0.139. The van der Waals surface area contributed by atoms with Crippen molar-refractivity contribution in [1.82, 2.24) is 5.32 Å². The van der Waals surface area contributed by atoms with Gasteiger partial charge in [0, 0.05) is 4.88 Å². The zero-order valence-corrected chi connectivity index (χ0v) is 12.6. The monoisotopic (exact) mass is 283 g/mol. The summed E-state index contributed by atoms with van der Waals surface area (Å²) in [7, 11) is 0. The Morgan fingerprint density at radius 3 is 2.47 bits per heavy atom. The largest absolute Gasteiger partial charge is 0.480 e. The Balaban J connectivity index is 2.78. The van der Waals surface area contributed by atoms with E-state index in [1.165, 1.54) is 16.2 Å². The van der Waals surface area contributed by atoms with E-state index in [2.05, 4.69) is 5.32 Å². The molecule has 1 rings (SSSR count). The molecule has 0 fully saturated rings. The number of hydrogen-bond acceptors (Lipinski definition) is 3. The third kappa shape index (κ3) is 4.35. The van der Waals surface area contributed by atoms with Gasteiger partial charge in [0.2, 0.25) is 0 Å². The molecule has 1 aromatic rings. The molecule has 5 heteroatoms. The first kappa shape index (κ1) is 15.7. The van der Waals surface area contributed by atoms with Gasteiger partial charge in [-0.25, -0.2) is 4.79 Å². The van der Waals surface area contributed by atoms with Crippen molar-refractivity contribution in [3.63, 3.8) is 0 Å². The smallest absolute Gasteiger partial charge is 0.326 e. The molecule has 1 atom stereocenters. The van der Waals surface area contributed by atoms with Crippen LogP contribution in [0.25, 0.3) is 0 Å². The molecule has 0 saturated heterocycles. The summed E-state index contributed by atoms with van der Waals surface area (Å²) in [6.07, 6.45) is 1.32. The van der Waals surface area contributed by atoms with Crippen molar-refractivity contribution in [2.24, 2.45) is 5.92 Å². The van der Waals surface area contributed by atoms with Crippen molar-refractivity contribution in [3.8, 4) is 0 Å². The van der Waals surface area contributed by atoms with Gasteiger partial charge in [0.1, 0.15) is 6.04 Å². The molecular weight excluding hydrogens is 262 g/mol. The fraction of sp³-hybridized carbons (Fsp3) is 0.571. The molecule has 0 aliphatic rings. The van der Waals surface area contributed by atoms with E-state index in [0.29, 0.717) is 11.3 Å². The minimum absolute atomic E-state index is 0.220. The van der Waals surface area contributed by atoms with Crippen LogP contribution in [-0.4, -0.2) is 23.0 Å². The minimum atomic E-state index is -0.981. The quantitative estimate of drug-likeness (QED) is 0.843. The van der Waals surface area contributed by atoms with Crippen LogP contribution in [0.1, 0.15) is 47.3 Å². The summed E-state index contributed by atoms with van der Waals surface area (Å²) in [5.74, 6) is -1.05. The number of aliphatic carboxylic acids is 1. The first-order chi connectivity index (χ1) is 8.85. The Hall–Kier alpha value is -1.36. The summed E-state index contributed by atoms with van der Waals surface area (Å²) in [5.41, 5.74) is 1.09. The standard InChI is InChI=1S/C14H21NO3S/c1-5-11-9(4)7-12(19-11)13(16)15-10(14(17)18)6-8(2)3/h7-8,10H,5-6H2,1-4H3,(H,15,16)(H,17,18)/t10-/m1/s1. The zero-order valence-electron chi connectivity index (χ0n) is 11.8. The van der Waals surface area contributed by atoms with Gasteiger partial charge in [-0.2, -0.15) is 0 Å². The van der Waals surface area contributed by atoms with Gasteiger partial charge in [0.25, 0.3) is 5.91 Å². The summed E-state index contributed by atoms with van der Waals surface area (Å²) in [5, 5.41) is 11.7. The number of hydrogen-bond donors (Lipinski definition) is 2. The zero-order chi connectivity index (χ0) is 14.6. The highest BCUT2D eigenvalue weighted by Gasteiger charge is 2.22. The van der Waals surface area contributed by atoms with Gasteiger partial charge >= 0.3 is 5.97 Å². The minimum Gasteiger partial charge on any atom is -0.480 e. The van der Waals surface area contributed by atoms with E-state index in [1.54, 1.807) is 0 Å². The third-order valence-corrected chi connectivity index (χ3v) is 4.26. The average Bonchev–Trinajstić information content (AvgIpc) is 2.69. The number of carboxylic acids is 1. The third-order valence-electron chi connectivity index (χ3n) is 2.88. The molecule has 4 nitrogen and oxygen atoms in total. The van der Waals surface area contributed by atoms with Crippen molar-refractivity contribution in [1.29, 1.82) is 0 Å². The molecule has 0 radical (unpaired) electrons. The number of carbonyl (C=O) groups excluding carboxylic acids is 1. The van der Waals surface area contributed by atoms with Crippen molar-refractivity contribution >= 4 is 23.2 Å². The van der Waals surface area contributed by atoms with E-state index in [1.807, 2.05) is 33.8 Å². The topological polar surface area (TPSA) is 66.4 Å². The first-order valence-corrected chi connectivity index (χ1v) is 7.29. The van der Waals surface area contributed by atoms with Gasteiger partial charge in [0.15, 0.2) is 0 Å². The molecular formula is C14H21NO3S.